The van der Waals surface area contributed by atoms with Gasteiger partial charge in [0.15, 0.2) is 0 Å². The van der Waals surface area contributed by atoms with E-state index in [0.717, 1.165) is 29.9 Å². The van der Waals surface area contributed by atoms with Gasteiger partial charge in [0.2, 0.25) is 0 Å². The number of alkyl halides is 1. The van der Waals surface area contributed by atoms with Crippen molar-refractivity contribution in [1.82, 2.24) is 0 Å². The number of hydrogen-bond donors (Lipinski definition) is 2. The van der Waals surface area contributed by atoms with E-state index >= 15 is 4.39 Å². The van der Waals surface area contributed by atoms with Crippen LogP contribution in [0.25, 0.3) is 11.1 Å². The van der Waals surface area contributed by atoms with E-state index in [9.17, 15) is 9.18 Å². The molecule has 0 saturated heterocycles. The maximum atomic E-state index is 15.3. The number of carboxylic acids is 1. The minimum Gasteiger partial charge on any atom is -0.489 e. The van der Waals surface area contributed by atoms with E-state index in [1.807, 2.05) is 12.1 Å². The van der Waals surface area contributed by atoms with Crippen LogP contribution in [0.5, 0.6) is 5.75 Å². The number of aliphatic carboxylic acids is 1. The summed E-state index contributed by atoms with van der Waals surface area (Å²) in [6, 6.07) is 16.8. The summed E-state index contributed by atoms with van der Waals surface area (Å²) in [6.45, 7) is -0.622. The zero-order valence-electron chi connectivity index (χ0n) is 19.0. The predicted molar refractivity (Wildman–Crippen MR) is 128 cm³/mol. The molecule has 34 heavy (non-hydrogen) atoms. The van der Waals surface area contributed by atoms with Gasteiger partial charge in [0.05, 0.1) is 12.5 Å². The van der Waals surface area contributed by atoms with E-state index in [1.54, 1.807) is 36.4 Å². The maximum Gasteiger partial charge on any atom is 0.307 e. The highest BCUT2D eigenvalue weighted by molar-refractivity contribution is 5.71. The summed E-state index contributed by atoms with van der Waals surface area (Å²) in [7, 11) is 0. The zero-order valence-corrected chi connectivity index (χ0v) is 19.0. The molecule has 1 saturated carbocycles. The summed E-state index contributed by atoms with van der Waals surface area (Å²) >= 11 is 0. The Morgan fingerprint density at radius 1 is 1.09 bits per heavy atom. The summed E-state index contributed by atoms with van der Waals surface area (Å²) in [5.74, 6) is -0.168. The van der Waals surface area contributed by atoms with Crippen LogP contribution in [0.1, 0.15) is 47.6 Å². The third-order valence-corrected chi connectivity index (χ3v) is 6.20. The first-order valence-corrected chi connectivity index (χ1v) is 11.6. The van der Waals surface area contributed by atoms with Crippen LogP contribution in [0.15, 0.2) is 60.7 Å². The second-order valence-electron chi connectivity index (χ2n) is 8.96. The Bertz CT molecular complexity index is 1160. The van der Waals surface area contributed by atoms with Gasteiger partial charge >= 0.3 is 5.97 Å². The van der Waals surface area contributed by atoms with Crippen LogP contribution in [-0.2, 0) is 24.2 Å². The third kappa shape index (κ3) is 6.00. The Hall–Kier alpha value is -3.25. The third-order valence-electron chi connectivity index (χ3n) is 6.20. The molecule has 0 aromatic heterocycles. The van der Waals surface area contributed by atoms with Gasteiger partial charge in [-0.3, -0.25) is 4.79 Å². The van der Waals surface area contributed by atoms with Crippen molar-refractivity contribution in [3.63, 3.8) is 0 Å². The fraction of sp³-hybridized carbons (Fsp3) is 0.321. The molecule has 0 heterocycles. The van der Waals surface area contributed by atoms with E-state index in [-0.39, 0.29) is 18.6 Å². The van der Waals surface area contributed by atoms with E-state index in [0.29, 0.717) is 22.4 Å². The molecule has 6 heteroatoms. The van der Waals surface area contributed by atoms with Gasteiger partial charge < -0.3 is 15.6 Å². The first-order chi connectivity index (χ1) is 16.4. The number of para-hydroxylation sites is 1. The highest BCUT2D eigenvalue weighted by Crippen LogP contribution is 2.35. The molecular formula is C28H29F2NO3. The molecule has 178 valence electrons. The SMILES string of the molecule is N[C@H](CF)c1cccc(-c2cc(CCC3CC3)cc(COc3ccccc3CC(=O)O)c2)c1F. The smallest absolute Gasteiger partial charge is 0.307 e. The van der Waals surface area contributed by atoms with Crippen LogP contribution < -0.4 is 10.5 Å². The highest BCUT2D eigenvalue weighted by atomic mass is 19.1. The Labute approximate surface area is 198 Å². The van der Waals surface area contributed by atoms with Crippen molar-refractivity contribution >= 4 is 5.97 Å². The molecule has 4 nitrogen and oxygen atoms in total. The molecule has 0 aliphatic heterocycles. The summed E-state index contributed by atoms with van der Waals surface area (Å²) < 4.78 is 34.4. The summed E-state index contributed by atoms with van der Waals surface area (Å²) in [5.41, 5.74) is 9.53. The van der Waals surface area contributed by atoms with Crippen molar-refractivity contribution in [3.05, 3.63) is 88.7 Å². The Balaban J connectivity index is 1.64. The molecule has 1 atom stereocenters. The molecule has 3 aromatic carbocycles. The van der Waals surface area contributed by atoms with E-state index in [2.05, 4.69) is 6.07 Å². The van der Waals surface area contributed by atoms with Crippen LogP contribution in [0, 0.1) is 11.7 Å². The average Bonchev–Trinajstić information content (AvgIpc) is 3.66. The predicted octanol–water partition coefficient (Wildman–Crippen LogP) is 6.01. The summed E-state index contributed by atoms with van der Waals surface area (Å²) in [5, 5.41) is 9.17. The molecule has 0 spiro atoms. The standard InChI is InChI=1S/C28H29F2NO3/c29-16-25(31)24-6-3-5-23(28(24)30)22-13-19(11-10-18-8-9-18)12-20(14-22)17-34-26-7-2-1-4-21(26)15-27(32)33/h1-7,12-14,18,25H,8-11,15-17,31H2,(H,32,33)/t25-/m1/s1. The van der Waals surface area contributed by atoms with Crippen LogP contribution in [0.2, 0.25) is 0 Å². The highest BCUT2D eigenvalue weighted by Gasteiger charge is 2.21. The summed E-state index contributed by atoms with van der Waals surface area (Å²) in [4.78, 5) is 11.2. The monoisotopic (exact) mass is 465 g/mol. The van der Waals surface area contributed by atoms with Crippen LogP contribution in [0.4, 0.5) is 8.78 Å². The number of halogens is 2. The van der Waals surface area contributed by atoms with Gasteiger partial charge in [0.25, 0.3) is 0 Å². The molecule has 0 bridgehead atoms. The molecule has 1 fully saturated rings. The second kappa shape index (κ2) is 10.8. The van der Waals surface area contributed by atoms with E-state index < -0.39 is 24.5 Å². The van der Waals surface area contributed by atoms with Gasteiger partial charge in [-0.1, -0.05) is 61.4 Å². The number of carbonyl (C=O) groups is 1. The topological polar surface area (TPSA) is 72.5 Å². The fourth-order valence-electron chi connectivity index (χ4n) is 4.18. The van der Waals surface area contributed by atoms with E-state index in [4.69, 9.17) is 15.6 Å². The molecule has 4 rings (SSSR count). The Morgan fingerprint density at radius 2 is 1.85 bits per heavy atom. The molecular weight excluding hydrogens is 436 g/mol. The lowest BCUT2D eigenvalue weighted by Crippen LogP contribution is -2.14. The van der Waals surface area contributed by atoms with Crippen molar-refractivity contribution in [3.8, 4) is 16.9 Å². The van der Waals surface area contributed by atoms with Crippen molar-refractivity contribution in [2.45, 2.75) is 44.8 Å². The second-order valence-corrected chi connectivity index (χ2v) is 8.96. The Morgan fingerprint density at radius 3 is 2.59 bits per heavy atom. The molecule has 1 aliphatic rings. The number of aryl methyl sites for hydroxylation is 1. The fourth-order valence-corrected chi connectivity index (χ4v) is 4.18. The molecule has 3 N–H and O–H groups in total. The molecule has 3 aromatic rings. The largest absolute Gasteiger partial charge is 0.489 e. The number of nitrogens with two attached hydrogens (primary N) is 1. The van der Waals surface area contributed by atoms with Gasteiger partial charge in [-0.05, 0) is 47.6 Å². The number of rotatable bonds is 11. The van der Waals surface area contributed by atoms with Crippen molar-refractivity contribution in [1.29, 1.82) is 0 Å². The lowest BCUT2D eigenvalue weighted by Gasteiger charge is -2.15. The molecule has 0 unspecified atom stereocenters. The van der Waals surface area contributed by atoms with Gasteiger partial charge in [0.1, 0.15) is 24.8 Å². The van der Waals surface area contributed by atoms with Gasteiger partial charge in [0, 0.05) is 16.7 Å². The van der Waals surface area contributed by atoms with E-state index in [1.165, 1.54) is 18.9 Å². The maximum absolute atomic E-state index is 15.3. The quantitative estimate of drug-likeness (QED) is 0.364. The van der Waals surface area contributed by atoms with Crippen LogP contribution in [-0.4, -0.2) is 17.8 Å². The Kier molecular flexibility index (Phi) is 7.58. The molecule has 1 aliphatic carbocycles. The zero-order chi connectivity index (χ0) is 24.1. The number of benzene rings is 3. The van der Waals surface area contributed by atoms with Crippen LogP contribution >= 0.6 is 0 Å². The van der Waals surface area contributed by atoms with Crippen molar-refractivity contribution in [2.24, 2.45) is 11.7 Å². The van der Waals surface area contributed by atoms with Crippen molar-refractivity contribution in [2.75, 3.05) is 6.67 Å². The van der Waals surface area contributed by atoms with Gasteiger partial charge in [-0.25, -0.2) is 8.78 Å². The minimum atomic E-state index is -1.01. The van der Waals surface area contributed by atoms with Crippen molar-refractivity contribution < 1.29 is 23.4 Å². The minimum absolute atomic E-state index is 0.129. The van der Waals surface area contributed by atoms with Gasteiger partial charge in [-0.15, -0.1) is 0 Å². The number of hydrogen-bond acceptors (Lipinski definition) is 3. The molecule has 0 radical (unpaired) electrons. The normalized spacial score (nSPS) is 14.1. The molecule has 0 amide bonds. The average molecular weight is 466 g/mol. The summed E-state index contributed by atoms with van der Waals surface area (Å²) in [6.07, 6.45) is 4.35. The first-order valence-electron chi connectivity index (χ1n) is 11.6. The van der Waals surface area contributed by atoms with Gasteiger partial charge in [-0.2, -0.15) is 0 Å². The lowest BCUT2D eigenvalue weighted by molar-refractivity contribution is -0.136. The lowest BCUT2D eigenvalue weighted by atomic mass is 9.94. The first kappa shape index (κ1) is 23.9. The number of carboxylic acid groups (broad SMARTS) is 1. The van der Waals surface area contributed by atoms with Crippen LogP contribution in [0.3, 0.4) is 0 Å². The number of ether oxygens (including phenoxy) is 1.